The van der Waals surface area contributed by atoms with Crippen molar-refractivity contribution >= 4 is 16.9 Å². The minimum Gasteiger partial charge on any atom is -0.356 e. The molecule has 132 valence electrons. The van der Waals surface area contributed by atoms with Crippen LogP contribution in [0.5, 0.6) is 0 Å². The van der Waals surface area contributed by atoms with E-state index in [1.54, 1.807) is 0 Å². The smallest absolute Gasteiger partial charge is 0.225 e. The van der Waals surface area contributed by atoms with Crippen LogP contribution in [0.15, 0.2) is 24.3 Å². The molecule has 0 spiro atoms. The van der Waals surface area contributed by atoms with Gasteiger partial charge in [0.05, 0.1) is 11.0 Å². The summed E-state index contributed by atoms with van der Waals surface area (Å²) >= 11 is 0. The molecule has 0 unspecified atom stereocenters. The number of carbonyl (C=O) groups excluding carboxylic acids is 1. The first-order valence-electron chi connectivity index (χ1n) is 9.16. The standard InChI is InChI=1S/C20H31N3O/c1-5-6-9-15-23-17-12-8-7-11-16(17)22-18(23)13-10-14-21-19(24)20(2,3)4/h7-8,11-12H,5-6,9-10,13-15H2,1-4H3,(H,21,24). The van der Waals surface area contributed by atoms with Gasteiger partial charge in [0, 0.05) is 24.9 Å². The van der Waals surface area contributed by atoms with Crippen LogP contribution in [0.25, 0.3) is 11.0 Å². The highest BCUT2D eigenvalue weighted by Gasteiger charge is 2.20. The number of unbranched alkanes of at least 4 members (excludes halogenated alkanes) is 2. The Labute approximate surface area is 145 Å². The third-order valence-corrected chi connectivity index (χ3v) is 4.26. The average molecular weight is 329 g/mol. The zero-order chi connectivity index (χ0) is 17.6. The van der Waals surface area contributed by atoms with Crippen molar-refractivity contribution in [3.05, 3.63) is 30.1 Å². The quantitative estimate of drug-likeness (QED) is 0.733. The summed E-state index contributed by atoms with van der Waals surface area (Å²) in [5.41, 5.74) is 1.97. The van der Waals surface area contributed by atoms with Gasteiger partial charge in [0.15, 0.2) is 0 Å². The molecule has 4 heteroatoms. The van der Waals surface area contributed by atoms with E-state index in [2.05, 4.69) is 35.0 Å². The van der Waals surface area contributed by atoms with Crippen LogP contribution in [-0.2, 0) is 17.8 Å². The lowest BCUT2D eigenvalue weighted by molar-refractivity contribution is -0.128. The van der Waals surface area contributed by atoms with Crippen LogP contribution in [0.2, 0.25) is 0 Å². The maximum Gasteiger partial charge on any atom is 0.225 e. The van der Waals surface area contributed by atoms with Crippen LogP contribution < -0.4 is 5.32 Å². The highest BCUT2D eigenvalue weighted by atomic mass is 16.2. The van der Waals surface area contributed by atoms with Gasteiger partial charge >= 0.3 is 0 Å². The first-order valence-corrected chi connectivity index (χ1v) is 9.16. The van der Waals surface area contributed by atoms with E-state index in [9.17, 15) is 4.79 Å². The van der Waals surface area contributed by atoms with E-state index in [0.717, 1.165) is 30.7 Å². The third kappa shape index (κ3) is 4.83. The van der Waals surface area contributed by atoms with Gasteiger partial charge in [-0.25, -0.2) is 4.98 Å². The molecule has 0 radical (unpaired) electrons. The summed E-state index contributed by atoms with van der Waals surface area (Å²) in [4.78, 5) is 16.7. The molecule has 0 atom stereocenters. The Bertz CT molecular complexity index is 667. The van der Waals surface area contributed by atoms with Crippen LogP contribution in [0.3, 0.4) is 0 Å². The molecule has 1 heterocycles. The lowest BCUT2D eigenvalue weighted by atomic mass is 9.96. The number of aromatic nitrogens is 2. The lowest BCUT2D eigenvalue weighted by Crippen LogP contribution is -2.35. The number of hydrogen-bond acceptors (Lipinski definition) is 2. The molecule has 1 aromatic heterocycles. The van der Waals surface area contributed by atoms with Crippen molar-refractivity contribution in [3.8, 4) is 0 Å². The molecule has 0 saturated carbocycles. The van der Waals surface area contributed by atoms with Crippen molar-refractivity contribution in [1.29, 1.82) is 0 Å². The minimum atomic E-state index is -0.326. The van der Waals surface area contributed by atoms with Gasteiger partial charge in [0.2, 0.25) is 5.91 Å². The summed E-state index contributed by atoms with van der Waals surface area (Å²) in [6.07, 6.45) is 5.46. The maximum absolute atomic E-state index is 11.9. The minimum absolute atomic E-state index is 0.110. The fourth-order valence-corrected chi connectivity index (χ4v) is 2.80. The van der Waals surface area contributed by atoms with Gasteiger partial charge in [-0.05, 0) is 25.0 Å². The van der Waals surface area contributed by atoms with Crippen molar-refractivity contribution in [3.63, 3.8) is 0 Å². The van der Waals surface area contributed by atoms with Gasteiger partial charge in [0.25, 0.3) is 0 Å². The van der Waals surface area contributed by atoms with Crippen LogP contribution in [-0.4, -0.2) is 22.0 Å². The Morgan fingerprint density at radius 2 is 1.92 bits per heavy atom. The molecule has 0 bridgehead atoms. The first-order chi connectivity index (χ1) is 11.4. The largest absolute Gasteiger partial charge is 0.356 e. The second-order valence-electron chi connectivity index (χ2n) is 7.48. The molecule has 0 aliphatic rings. The molecule has 1 N–H and O–H groups in total. The van der Waals surface area contributed by atoms with E-state index >= 15 is 0 Å². The Hall–Kier alpha value is -1.84. The Morgan fingerprint density at radius 1 is 1.17 bits per heavy atom. The van der Waals surface area contributed by atoms with E-state index in [1.165, 1.54) is 24.8 Å². The molecule has 4 nitrogen and oxygen atoms in total. The van der Waals surface area contributed by atoms with E-state index in [0.29, 0.717) is 6.54 Å². The highest BCUT2D eigenvalue weighted by Crippen LogP contribution is 2.18. The fraction of sp³-hybridized carbons (Fsp3) is 0.600. The summed E-state index contributed by atoms with van der Waals surface area (Å²) in [6, 6.07) is 8.35. The molecule has 0 aliphatic heterocycles. The van der Waals surface area contributed by atoms with Gasteiger partial charge in [-0.2, -0.15) is 0 Å². The third-order valence-electron chi connectivity index (χ3n) is 4.26. The summed E-state index contributed by atoms with van der Waals surface area (Å²) < 4.78 is 2.36. The zero-order valence-corrected chi connectivity index (χ0v) is 15.6. The SMILES string of the molecule is CCCCCn1c(CCCNC(=O)C(C)(C)C)nc2ccccc21. The number of nitrogens with zero attached hydrogens (tertiary/aromatic N) is 2. The molecule has 24 heavy (non-hydrogen) atoms. The first kappa shape index (κ1) is 18.5. The Balaban J connectivity index is 1.99. The van der Waals surface area contributed by atoms with Crippen molar-refractivity contribution in [2.24, 2.45) is 5.41 Å². The number of hydrogen-bond donors (Lipinski definition) is 1. The van der Waals surface area contributed by atoms with Crippen molar-refractivity contribution in [2.45, 2.75) is 66.3 Å². The monoisotopic (exact) mass is 329 g/mol. The summed E-state index contributed by atoms with van der Waals surface area (Å²) in [6.45, 7) is 9.78. The van der Waals surface area contributed by atoms with Gasteiger partial charge in [-0.3, -0.25) is 4.79 Å². The highest BCUT2D eigenvalue weighted by molar-refractivity contribution is 5.81. The molecular weight excluding hydrogens is 298 g/mol. The maximum atomic E-state index is 11.9. The lowest BCUT2D eigenvalue weighted by Gasteiger charge is -2.17. The van der Waals surface area contributed by atoms with E-state index in [1.807, 2.05) is 26.8 Å². The number of rotatable bonds is 8. The van der Waals surface area contributed by atoms with Gasteiger partial charge in [0.1, 0.15) is 5.82 Å². The molecule has 0 aliphatic carbocycles. The van der Waals surface area contributed by atoms with Crippen LogP contribution in [0.4, 0.5) is 0 Å². The Kier molecular flexibility index (Phi) is 6.41. The van der Waals surface area contributed by atoms with E-state index < -0.39 is 0 Å². The molecular formula is C20H31N3O. The number of benzene rings is 1. The van der Waals surface area contributed by atoms with E-state index in [4.69, 9.17) is 4.98 Å². The second kappa shape index (κ2) is 8.32. The van der Waals surface area contributed by atoms with Crippen LogP contribution in [0, 0.1) is 5.41 Å². The second-order valence-corrected chi connectivity index (χ2v) is 7.48. The number of carbonyl (C=O) groups is 1. The predicted octanol–water partition coefficient (Wildman–Crippen LogP) is 4.32. The predicted molar refractivity (Wildman–Crippen MR) is 100 cm³/mol. The van der Waals surface area contributed by atoms with E-state index in [-0.39, 0.29) is 11.3 Å². The fourth-order valence-electron chi connectivity index (χ4n) is 2.80. The normalized spacial score (nSPS) is 11.8. The topological polar surface area (TPSA) is 46.9 Å². The van der Waals surface area contributed by atoms with Crippen LogP contribution in [0.1, 0.15) is 59.2 Å². The van der Waals surface area contributed by atoms with Crippen molar-refractivity contribution in [1.82, 2.24) is 14.9 Å². The van der Waals surface area contributed by atoms with Crippen LogP contribution >= 0.6 is 0 Å². The molecule has 2 aromatic rings. The number of imidazole rings is 1. The number of para-hydroxylation sites is 2. The molecule has 1 aromatic carbocycles. The number of nitrogens with one attached hydrogen (secondary N) is 1. The summed E-state index contributed by atoms with van der Waals surface area (Å²) in [5.74, 6) is 1.25. The van der Waals surface area contributed by atoms with Gasteiger partial charge in [-0.15, -0.1) is 0 Å². The van der Waals surface area contributed by atoms with Gasteiger partial charge in [-0.1, -0.05) is 52.7 Å². The molecule has 1 amide bonds. The molecule has 0 saturated heterocycles. The van der Waals surface area contributed by atoms with Crippen molar-refractivity contribution < 1.29 is 4.79 Å². The Morgan fingerprint density at radius 3 is 2.62 bits per heavy atom. The zero-order valence-electron chi connectivity index (χ0n) is 15.6. The summed E-state index contributed by atoms with van der Waals surface area (Å²) in [5, 5.41) is 3.02. The van der Waals surface area contributed by atoms with Crippen molar-refractivity contribution in [2.75, 3.05) is 6.54 Å². The number of amides is 1. The average Bonchev–Trinajstić information content (AvgIpc) is 2.88. The number of fused-ring (bicyclic) bond motifs is 1. The van der Waals surface area contributed by atoms with Gasteiger partial charge < -0.3 is 9.88 Å². The molecule has 0 fully saturated rings. The molecule has 2 rings (SSSR count). The summed E-state index contributed by atoms with van der Waals surface area (Å²) in [7, 11) is 0. The number of aryl methyl sites for hydroxylation is 2.